The van der Waals surface area contributed by atoms with Crippen LogP contribution in [0.4, 0.5) is 5.69 Å². The summed E-state index contributed by atoms with van der Waals surface area (Å²) in [5, 5.41) is 3.36. The lowest BCUT2D eigenvalue weighted by atomic mass is 10.3. The van der Waals surface area contributed by atoms with Crippen molar-refractivity contribution >= 4 is 29.1 Å². The summed E-state index contributed by atoms with van der Waals surface area (Å²) in [5.74, 6) is 0.544. The molecule has 0 aliphatic heterocycles. The number of hydrogen-bond donors (Lipinski definition) is 1. The standard InChI is InChI=1S/C20H23ClN2O4/c1-3-12-23(20(25)14-27-16-10-8-15(21)9-11-16)13-19(24)22-17-6-4-5-7-18(17)26-2/h4-11H,3,12-14H2,1-2H3,(H,22,24). The normalized spacial score (nSPS) is 10.2. The Balaban J connectivity index is 1.93. The Hall–Kier alpha value is -2.73. The molecular weight excluding hydrogens is 368 g/mol. The Bertz CT molecular complexity index is 765. The molecule has 1 N–H and O–H groups in total. The number of para-hydroxylation sites is 2. The highest BCUT2D eigenvalue weighted by Crippen LogP contribution is 2.22. The van der Waals surface area contributed by atoms with E-state index in [1.807, 2.05) is 13.0 Å². The lowest BCUT2D eigenvalue weighted by Gasteiger charge is -2.22. The average Bonchev–Trinajstić information content (AvgIpc) is 2.67. The molecule has 2 rings (SSSR count). The molecule has 7 heteroatoms. The predicted molar refractivity (Wildman–Crippen MR) is 105 cm³/mol. The van der Waals surface area contributed by atoms with Gasteiger partial charge in [-0.2, -0.15) is 0 Å². The molecule has 0 fully saturated rings. The van der Waals surface area contributed by atoms with Crippen LogP contribution in [0.5, 0.6) is 11.5 Å². The van der Waals surface area contributed by atoms with Gasteiger partial charge in [-0.3, -0.25) is 9.59 Å². The van der Waals surface area contributed by atoms with E-state index in [0.717, 1.165) is 6.42 Å². The van der Waals surface area contributed by atoms with Gasteiger partial charge in [0.2, 0.25) is 5.91 Å². The van der Waals surface area contributed by atoms with Gasteiger partial charge in [0.25, 0.3) is 5.91 Å². The first-order valence-electron chi connectivity index (χ1n) is 8.62. The second-order valence-electron chi connectivity index (χ2n) is 5.81. The van der Waals surface area contributed by atoms with Crippen molar-refractivity contribution in [2.24, 2.45) is 0 Å². The van der Waals surface area contributed by atoms with Crippen molar-refractivity contribution in [3.05, 3.63) is 53.6 Å². The molecule has 0 aliphatic rings. The molecule has 0 spiro atoms. The summed E-state index contributed by atoms with van der Waals surface area (Å²) in [6.07, 6.45) is 0.731. The van der Waals surface area contributed by atoms with Crippen LogP contribution in [0.1, 0.15) is 13.3 Å². The third kappa shape index (κ3) is 6.49. The van der Waals surface area contributed by atoms with Gasteiger partial charge < -0.3 is 19.7 Å². The number of halogens is 1. The molecule has 0 atom stereocenters. The van der Waals surface area contributed by atoms with Crippen molar-refractivity contribution in [1.82, 2.24) is 4.90 Å². The molecule has 0 radical (unpaired) electrons. The van der Waals surface area contributed by atoms with Crippen LogP contribution < -0.4 is 14.8 Å². The maximum absolute atomic E-state index is 12.5. The molecule has 0 saturated carbocycles. The minimum Gasteiger partial charge on any atom is -0.495 e. The van der Waals surface area contributed by atoms with Gasteiger partial charge >= 0.3 is 0 Å². The van der Waals surface area contributed by atoms with Crippen LogP contribution in [0.25, 0.3) is 0 Å². The Kier molecular flexibility index (Phi) is 7.95. The Morgan fingerprint density at radius 3 is 2.48 bits per heavy atom. The van der Waals surface area contributed by atoms with Gasteiger partial charge in [-0.25, -0.2) is 0 Å². The van der Waals surface area contributed by atoms with E-state index in [9.17, 15) is 9.59 Å². The van der Waals surface area contributed by atoms with Crippen LogP contribution >= 0.6 is 11.6 Å². The summed E-state index contributed by atoms with van der Waals surface area (Å²) in [6, 6.07) is 13.9. The summed E-state index contributed by atoms with van der Waals surface area (Å²) in [6.45, 7) is 2.19. The first kappa shape index (κ1) is 20.6. The smallest absolute Gasteiger partial charge is 0.260 e. The molecule has 0 saturated heterocycles. The van der Waals surface area contributed by atoms with Crippen LogP contribution in [0.2, 0.25) is 5.02 Å². The minimum absolute atomic E-state index is 0.0608. The summed E-state index contributed by atoms with van der Waals surface area (Å²) >= 11 is 5.83. The Morgan fingerprint density at radius 2 is 1.81 bits per heavy atom. The number of carbonyl (C=O) groups excluding carboxylic acids is 2. The number of benzene rings is 2. The van der Waals surface area contributed by atoms with Crippen LogP contribution in [0.15, 0.2) is 48.5 Å². The molecule has 2 aromatic rings. The predicted octanol–water partition coefficient (Wildman–Crippen LogP) is 3.60. The molecule has 144 valence electrons. The first-order valence-corrected chi connectivity index (χ1v) is 9.00. The zero-order chi connectivity index (χ0) is 19.6. The second-order valence-corrected chi connectivity index (χ2v) is 6.24. The van der Waals surface area contributed by atoms with Gasteiger partial charge in [-0.1, -0.05) is 30.7 Å². The fraction of sp³-hybridized carbons (Fsp3) is 0.300. The number of amides is 2. The lowest BCUT2D eigenvalue weighted by molar-refractivity contribution is -0.136. The first-order chi connectivity index (χ1) is 13.0. The zero-order valence-corrected chi connectivity index (χ0v) is 16.2. The van der Waals surface area contributed by atoms with E-state index in [-0.39, 0.29) is 25.0 Å². The monoisotopic (exact) mass is 390 g/mol. The van der Waals surface area contributed by atoms with Gasteiger partial charge in [0.1, 0.15) is 11.5 Å². The SMILES string of the molecule is CCCN(CC(=O)Nc1ccccc1OC)C(=O)COc1ccc(Cl)cc1. The fourth-order valence-electron chi connectivity index (χ4n) is 2.44. The van der Waals surface area contributed by atoms with E-state index in [2.05, 4.69) is 5.32 Å². The van der Waals surface area contributed by atoms with Crippen LogP contribution in [-0.4, -0.2) is 43.5 Å². The second kappa shape index (κ2) is 10.4. The van der Waals surface area contributed by atoms with Crippen LogP contribution in [0.3, 0.4) is 0 Å². The van der Waals surface area contributed by atoms with Crippen molar-refractivity contribution in [3.8, 4) is 11.5 Å². The topological polar surface area (TPSA) is 67.9 Å². The molecular formula is C20H23ClN2O4. The number of anilines is 1. The molecule has 0 aromatic heterocycles. The summed E-state index contributed by atoms with van der Waals surface area (Å²) in [7, 11) is 1.53. The van der Waals surface area contributed by atoms with E-state index < -0.39 is 0 Å². The number of ether oxygens (including phenoxy) is 2. The molecule has 0 bridgehead atoms. The number of nitrogens with zero attached hydrogens (tertiary/aromatic N) is 1. The summed E-state index contributed by atoms with van der Waals surface area (Å²) in [5.41, 5.74) is 0.561. The highest BCUT2D eigenvalue weighted by atomic mass is 35.5. The fourth-order valence-corrected chi connectivity index (χ4v) is 2.57. The van der Waals surface area contributed by atoms with Crippen molar-refractivity contribution in [1.29, 1.82) is 0 Å². The largest absolute Gasteiger partial charge is 0.495 e. The number of hydrogen-bond acceptors (Lipinski definition) is 4. The molecule has 0 heterocycles. The minimum atomic E-state index is -0.298. The number of carbonyl (C=O) groups is 2. The third-order valence-electron chi connectivity index (χ3n) is 3.74. The Labute approximate surface area is 164 Å². The van der Waals surface area contributed by atoms with Crippen molar-refractivity contribution < 1.29 is 19.1 Å². The lowest BCUT2D eigenvalue weighted by Crippen LogP contribution is -2.41. The van der Waals surface area contributed by atoms with Crippen LogP contribution in [-0.2, 0) is 9.59 Å². The Morgan fingerprint density at radius 1 is 1.11 bits per heavy atom. The van der Waals surface area contributed by atoms with Gasteiger partial charge in [0, 0.05) is 11.6 Å². The van der Waals surface area contributed by atoms with Crippen LogP contribution in [0, 0.1) is 0 Å². The molecule has 27 heavy (non-hydrogen) atoms. The van der Waals surface area contributed by atoms with Gasteiger partial charge in [-0.05, 0) is 42.8 Å². The maximum Gasteiger partial charge on any atom is 0.260 e. The molecule has 6 nitrogen and oxygen atoms in total. The average molecular weight is 391 g/mol. The van der Waals surface area contributed by atoms with Gasteiger partial charge in [-0.15, -0.1) is 0 Å². The number of rotatable bonds is 9. The van der Waals surface area contributed by atoms with E-state index >= 15 is 0 Å². The third-order valence-corrected chi connectivity index (χ3v) is 3.99. The maximum atomic E-state index is 12.5. The summed E-state index contributed by atoms with van der Waals surface area (Å²) in [4.78, 5) is 26.3. The van der Waals surface area contributed by atoms with E-state index in [1.165, 1.54) is 12.0 Å². The highest BCUT2D eigenvalue weighted by Gasteiger charge is 2.18. The highest BCUT2D eigenvalue weighted by molar-refractivity contribution is 6.30. The quantitative estimate of drug-likeness (QED) is 0.710. The molecule has 0 aliphatic carbocycles. The molecule has 2 amide bonds. The van der Waals surface area contributed by atoms with E-state index in [1.54, 1.807) is 42.5 Å². The van der Waals surface area contributed by atoms with Gasteiger partial charge in [0.15, 0.2) is 6.61 Å². The number of methoxy groups -OCH3 is 1. The van der Waals surface area contributed by atoms with Crippen molar-refractivity contribution in [2.75, 3.05) is 32.1 Å². The molecule has 2 aromatic carbocycles. The molecule has 0 unspecified atom stereocenters. The van der Waals surface area contributed by atoms with Crippen molar-refractivity contribution in [3.63, 3.8) is 0 Å². The van der Waals surface area contributed by atoms with E-state index in [0.29, 0.717) is 28.8 Å². The van der Waals surface area contributed by atoms with Gasteiger partial charge in [0.05, 0.1) is 19.3 Å². The summed E-state index contributed by atoms with van der Waals surface area (Å²) < 4.78 is 10.7. The van der Waals surface area contributed by atoms with Crippen molar-refractivity contribution in [2.45, 2.75) is 13.3 Å². The zero-order valence-electron chi connectivity index (χ0n) is 15.4. The van der Waals surface area contributed by atoms with E-state index in [4.69, 9.17) is 21.1 Å². The number of nitrogens with one attached hydrogen (secondary N) is 1.